The van der Waals surface area contributed by atoms with Crippen LogP contribution < -0.4 is 9.47 Å². The highest BCUT2D eigenvalue weighted by Crippen LogP contribution is 2.39. The number of carbonyl (C=O) groups excluding carboxylic acids is 1. The molecular formula is C20H15NO5S. The van der Waals surface area contributed by atoms with E-state index in [-0.39, 0.29) is 17.5 Å². The number of fused-ring (bicyclic) bond motifs is 1. The van der Waals surface area contributed by atoms with Gasteiger partial charge in [-0.25, -0.2) is 8.42 Å². The standard InChI is InChI=1S/C20H15NO5S/c1-27(23,24)15-6-4-13(5-7-15)16-9-18-19(26-12-25-18)10-17(16)20(22)14-3-2-8-21-11-14/h2-11H,12H2,1H3. The van der Waals surface area contributed by atoms with Gasteiger partial charge in [0.25, 0.3) is 0 Å². The molecule has 4 rings (SSSR count). The van der Waals surface area contributed by atoms with Crippen molar-refractivity contribution in [2.75, 3.05) is 13.0 Å². The number of ketones is 1. The van der Waals surface area contributed by atoms with Crippen molar-refractivity contribution in [1.82, 2.24) is 4.98 Å². The van der Waals surface area contributed by atoms with E-state index in [0.717, 1.165) is 6.26 Å². The molecule has 2 aromatic carbocycles. The molecule has 0 N–H and O–H groups in total. The highest BCUT2D eigenvalue weighted by Gasteiger charge is 2.23. The van der Waals surface area contributed by atoms with Gasteiger partial charge < -0.3 is 9.47 Å². The topological polar surface area (TPSA) is 82.6 Å². The predicted octanol–water partition coefficient (Wildman–Crippen LogP) is 3.11. The monoisotopic (exact) mass is 381 g/mol. The Morgan fingerprint density at radius 3 is 2.37 bits per heavy atom. The van der Waals surface area contributed by atoms with Crippen LogP contribution in [0.5, 0.6) is 11.5 Å². The lowest BCUT2D eigenvalue weighted by molar-refractivity contribution is 0.103. The summed E-state index contributed by atoms with van der Waals surface area (Å²) in [5.74, 6) is 0.835. The summed E-state index contributed by atoms with van der Waals surface area (Å²) in [5.41, 5.74) is 2.21. The van der Waals surface area contributed by atoms with E-state index in [0.29, 0.717) is 33.8 Å². The molecule has 1 aliphatic heterocycles. The van der Waals surface area contributed by atoms with Crippen molar-refractivity contribution in [3.05, 3.63) is 72.1 Å². The van der Waals surface area contributed by atoms with Crippen molar-refractivity contribution < 1.29 is 22.7 Å². The predicted molar refractivity (Wildman–Crippen MR) is 98.8 cm³/mol. The van der Waals surface area contributed by atoms with Gasteiger partial charge >= 0.3 is 0 Å². The third kappa shape index (κ3) is 3.29. The fourth-order valence-corrected chi connectivity index (χ4v) is 3.53. The quantitative estimate of drug-likeness (QED) is 0.646. The maximum absolute atomic E-state index is 13.0. The highest BCUT2D eigenvalue weighted by molar-refractivity contribution is 7.90. The third-order valence-corrected chi connectivity index (χ3v) is 5.40. The molecule has 0 spiro atoms. The number of ether oxygens (including phenoxy) is 2. The van der Waals surface area contributed by atoms with Crippen molar-refractivity contribution in [2.24, 2.45) is 0 Å². The summed E-state index contributed by atoms with van der Waals surface area (Å²) in [6.07, 6.45) is 4.25. The molecule has 0 bridgehead atoms. The molecule has 6 nitrogen and oxygen atoms in total. The molecule has 0 aliphatic carbocycles. The second kappa shape index (κ2) is 6.51. The molecule has 0 atom stereocenters. The van der Waals surface area contributed by atoms with Gasteiger partial charge in [-0.2, -0.15) is 0 Å². The molecule has 2 heterocycles. The lowest BCUT2D eigenvalue weighted by Gasteiger charge is -2.11. The van der Waals surface area contributed by atoms with Gasteiger partial charge in [-0.05, 0) is 47.5 Å². The van der Waals surface area contributed by atoms with Crippen molar-refractivity contribution >= 4 is 15.6 Å². The molecule has 1 aliphatic rings. The maximum Gasteiger partial charge on any atom is 0.231 e. The van der Waals surface area contributed by atoms with Gasteiger partial charge in [0.1, 0.15) is 0 Å². The molecule has 0 amide bonds. The fourth-order valence-electron chi connectivity index (χ4n) is 2.90. The van der Waals surface area contributed by atoms with Gasteiger partial charge in [-0.15, -0.1) is 0 Å². The van der Waals surface area contributed by atoms with Gasteiger partial charge in [0, 0.05) is 29.8 Å². The van der Waals surface area contributed by atoms with Crippen LogP contribution in [0.15, 0.2) is 65.8 Å². The Morgan fingerprint density at radius 1 is 1.04 bits per heavy atom. The molecule has 1 aromatic heterocycles. The molecule has 27 heavy (non-hydrogen) atoms. The summed E-state index contributed by atoms with van der Waals surface area (Å²) in [6.45, 7) is 0.0896. The van der Waals surface area contributed by atoms with E-state index in [1.165, 1.54) is 18.3 Å². The van der Waals surface area contributed by atoms with Crippen molar-refractivity contribution in [2.45, 2.75) is 4.90 Å². The Labute approximate surface area is 156 Å². The van der Waals surface area contributed by atoms with Gasteiger partial charge in [0.15, 0.2) is 27.1 Å². The zero-order valence-electron chi connectivity index (χ0n) is 14.4. The third-order valence-electron chi connectivity index (χ3n) is 4.27. The second-order valence-corrected chi connectivity index (χ2v) is 8.13. The van der Waals surface area contributed by atoms with Crippen LogP contribution in [0.2, 0.25) is 0 Å². The number of benzene rings is 2. The van der Waals surface area contributed by atoms with Crippen LogP contribution in [0.25, 0.3) is 11.1 Å². The highest BCUT2D eigenvalue weighted by atomic mass is 32.2. The molecule has 0 fully saturated rings. The summed E-state index contributed by atoms with van der Waals surface area (Å²) < 4.78 is 34.2. The minimum Gasteiger partial charge on any atom is -0.454 e. The molecule has 7 heteroatoms. The summed E-state index contributed by atoms with van der Waals surface area (Å²) >= 11 is 0. The minimum atomic E-state index is -3.30. The number of aromatic nitrogens is 1. The number of nitrogens with zero attached hydrogens (tertiary/aromatic N) is 1. The van der Waals surface area contributed by atoms with Gasteiger partial charge in [-0.3, -0.25) is 9.78 Å². The Balaban J connectivity index is 1.86. The summed E-state index contributed by atoms with van der Waals surface area (Å²) in [7, 11) is -3.30. The first-order chi connectivity index (χ1) is 12.9. The lowest BCUT2D eigenvalue weighted by Crippen LogP contribution is -2.04. The maximum atomic E-state index is 13.0. The zero-order valence-corrected chi connectivity index (χ0v) is 15.2. The largest absolute Gasteiger partial charge is 0.454 e. The first-order valence-corrected chi connectivity index (χ1v) is 10.0. The molecular weight excluding hydrogens is 366 g/mol. The van der Waals surface area contributed by atoms with E-state index in [1.807, 2.05) is 0 Å². The van der Waals surface area contributed by atoms with Gasteiger partial charge in [0.2, 0.25) is 6.79 Å². The number of rotatable bonds is 4. The minimum absolute atomic E-state index is 0.0896. The fraction of sp³-hybridized carbons (Fsp3) is 0.100. The van der Waals surface area contributed by atoms with Crippen LogP contribution in [0.4, 0.5) is 0 Å². The zero-order chi connectivity index (χ0) is 19.0. The normalized spacial score (nSPS) is 12.8. The molecule has 0 unspecified atom stereocenters. The van der Waals surface area contributed by atoms with E-state index in [1.54, 1.807) is 42.6 Å². The first-order valence-electron chi connectivity index (χ1n) is 8.12. The Morgan fingerprint density at radius 2 is 1.74 bits per heavy atom. The Hall–Kier alpha value is -3.19. The van der Waals surface area contributed by atoms with Crippen LogP contribution in [0.1, 0.15) is 15.9 Å². The molecule has 3 aromatic rings. The molecule has 0 saturated heterocycles. The first kappa shape index (κ1) is 17.2. The number of pyridine rings is 1. The Bertz CT molecular complexity index is 1120. The summed E-state index contributed by atoms with van der Waals surface area (Å²) in [5, 5.41) is 0. The average molecular weight is 381 g/mol. The van der Waals surface area contributed by atoms with E-state index in [2.05, 4.69) is 4.98 Å². The lowest BCUT2D eigenvalue weighted by atomic mass is 9.94. The van der Waals surface area contributed by atoms with Gasteiger partial charge in [0.05, 0.1) is 4.90 Å². The van der Waals surface area contributed by atoms with E-state index >= 15 is 0 Å². The molecule has 0 radical (unpaired) electrons. The average Bonchev–Trinajstić information content (AvgIpc) is 3.14. The SMILES string of the molecule is CS(=O)(=O)c1ccc(-c2cc3c(cc2C(=O)c2cccnc2)OCO3)cc1. The van der Waals surface area contributed by atoms with Crippen LogP contribution in [0, 0.1) is 0 Å². The van der Waals surface area contributed by atoms with Crippen LogP contribution >= 0.6 is 0 Å². The van der Waals surface area contributed by atoms with E-state index < -0.39 is 9.84 Å². The van der Waals surface area contributed by atoms with E-state index in [4.69, 9.17) is 9.47 Å². The molecule has 136 valence electrons. The summed E-state index contributed by atoms with van der Waals surface area (Å²) in [4.78, 5) is 17.3. The van der Waals surface area contributed by atoms with Crippen molar-refractivity contribution in [3.8, 4) is 22.6 Å². The number of hydrogen-bond acceptors (Lipinski definition) is 6. The number of hydrogen-bond donors (Lipinski definition) is 0. The second-order valence-electron chi connectivity index (χ2n) is 6.12. The molecule has 0 saturated carbocycles. The van der Waals surface area contributed by atoms with E-state index in [9.17, 15) is 13.2 Å². The van der Waals surface area contributed by atoms with Crippen LogP contribution in [-0.2, 0) is 9.84 Å². The van der Waals surface area contributed by atoms with Crippen molar-refractivity contribution in [3.63, 3.8) is 0 Å². The number of sulfone groups is 1. The van der Waals surface area contributed by atoms with Gasteiger partial charge in [-0.1, -0.05) is 12.1 Å². The number of carbonyl (C=O) groups is 1. The smallest absolute Gasteiger partial charge is 0.231 e. The van der Waals surface area contributed by atoms with Crippen LogP contribution in [0.3, 0.4) is 0 Å². The summed E-state index contributed by atoms with van der Waals surface area (Å²) in [6, 6.07) is 13.2. The van der Waals surface area contributed by atoms with Crippen LogP contribution in [-0.4, -0.2) is 32.2 Å². The Kier molecular flexibility index (Phi) is 4.16. The van der Waals surface area contributed by atoms with Crippen molar-refractivity contribution in [1.29, 1.82) is 0 Å².